The molecule has 1 aliphatic rings. The van der Waals surface area contributed by atoms with Crippen LogP contribution in [0.5, 0.6) is 5.75 Å². The lowest BCUT2D eigenvalue weighted by Gasteiger charge is -2.11. The van der Waals surface area contributed by atoms with Gasteiger partial charge < -0.3 is 15.2 Å². The number of nitrogens with one attached hydrogen (secondary N) is 1. The molecule has 1 aliphatic heterocycles. The van der Waals surface area contributed by atoms with Crippen LogP contribution in [0.4, 0.5) is 5.82 Å². The van der Waals surface area contributed by atoms with Gasteiger partial charge in [-0.05, 0) is 31.0 Å². The SMILES string of the molecule is Cc1nn(CCO)c(NCc2ccc3c(c2)CCO3)c1C. The average Bonchev–Trinajstić information content (AvgIpc) is 3.03. The Morgan fingerprint density at radius 3 is 3.05 bits per heavy atom. The lowest BCUT2D eigenvalue weighted by Crippen LogP contribution is -2.11. The van der Waals surface area contributed by atoms with E-state index < -0.39 is 0 Å². The lowest BCUT2D eigenvalue weighted by molar-refractivity contribution is 0.270. The van der Waals surface area contributed by atoms with Crippen LogP contribution in [0.2, 0.25) is 0 Å². The summed E-state index contributed by atoms with van der Waals surface area (Å²) in [6.45, 7) is 6.16. The van der Waals surface area contributed by atoms with Gasteiger partial charge in [-0.3, -0.25) is 0 Å². The van der Waals surface area contributed by atoms with E-state index in [2.05, 4.69) is 29.5 Å². The van der Waals surface area contributed by atoms with Crippen LogP contribution >= 0.6 is 0 Å². The number of ether oxygens (including phenoxy) is 1. The fraction of sp³-hybridized carbons (Fsp3) is 0.438. The molecule has 3 rings (SSSR count). The maximum atomic E-state index is 9.13. The molecule has 0 atom stereocenters. The van der Waals surface area contributed by atoms with Gasteiger partial charge in [0.05, 0.1) is 25.5 Å². The van der Waals surface area contributed by atoms with Gasteiger partial charge in [0.15, 0.2) is 0 Å². The van der Waals surface area contributed by atoms with Crippen LogP contribution in [0.25, 0.3) is 0 Å². The van der Waals surface area contributed by atoms with E-state index in [0.29, 0.717) is 6.54 Å². The quantitative estimate of drug-likeness (QED) is 0.883. The summed E-state index contributed by atoms with van der Waals surface area (Å²) in [5, 5.41) is 17.0. The molecule has 0 aliphatic carbocycles. The molecule has 0 bridgehead atoms. The van der Waals surface area contributed by atoms with Crippen molar-refractivity contribution in [3.8, 4) is 5.75 Å². The molecule has 112 valence electrons. The molecule has 0 saturated heterocycles. The van der Waals surface area contributed by atoms with Gasteiger partial charge in [0.25, 0.3) is 0 Å². The number of aromatic nitrogens is 2. The smallest absolute Gasteiger partial charge is 0.127 e. The van der Waals surface area contributed by atoms with Crippen LogP contribution in [0, 0.1) is 13.8 Å². The Kier molecular flexibility index (Phi) is 3.84. The van der Waals surface area contributed by atoms with Crippen molar-refractivity contribution in [2.24, 2.45) is 0 Å². The molecule has 5 nitrogen and oxygen atoms in total. The molecule has 1 aromatic heterocycles. The van der Waals surface area contributed by atoms with E-state index in [0.717, 1.165) is 42.4 Å². The molecule has 2 aromatic rings. The summed E-state index contributed by atoms with van der Waals surface area (Å²) in [6, 6.07) is 6.33. The molecule has 0 amide bonds. The highest BCUT2D eigenvalue weighted by Gasteiger charge is 2.13. The van der Waals surface area contributed by atoms with Crippen molar-refractivity contribution in [2.45, 2.75) is 33.4 Å². The van der Waals surface area contributed by atoms with Crippen LogP contribution < -0.4 is 10.1 Å². The Labute approximate surface area is 124 Å². The monoisotopic (exact) mass is 287 g/mol. The fourth-order valence-corrected chi connectivity index (χ4v) is 2.69. The number of aliphatic hydroxyl groups excluding tert-OH is 1. The number of hydrogen-bond acceptors (Lipinski definition) is 4. The van der Waals surface area contributed by atoms with Gasteiger partial charge in [0.2, 0.25) is 0 Å². The Hall–Kier alpha value is -2.01. The minimum absolute atomic E-state index is 0.0887. The van der Waals surface area contributed by atoms with Crippen LogP contribution in [-0.2, 0) is 19.5 Å². The standard InChI is InChI=1S/C16H21N3O2/c1-11-12(2)18-19(6-7-20)16(11)17-10-13-3-4-15-14(9-13)5-8-21-15/h3-4,9,17,20H,5-8,10H2,1-2H3. The Morgan fingerprint density at radius 1 is 1.38 bits per heavy atom. The normalized spacial score (nSPS) is 13.1. The van der Waals surface area contributed by atoms with E-state index >= 15 is 0 Å². The maximum Gasteiger partial charge on any atom is 0.127 e. The van der Waals surface area contributed by atoms with Gasteiger partial charge >= 0.3 is 0 Å². The number of nitrogens with zero attached hydrogens (tertiary/aromatic N) is 2. The summed E-state index contributed by atoms with van der Waals surface area (Å²) in [5.41, 5.74) is 4.64. The molecule has 5 heteroatoms. The van der Waals surface area contributed by atoms with Gasteiger partial charge in [0, 0.05) is 18.5 Å². The van der Waals surface area contributed by atoms with Crippen LogP contribution in [0.3, 0.4) is 0 Å². The van der Waals surface area contributed by atoms with E-state index in [4.69, 9.17) is 9.84 Å². The number of hydrogen-bond donors (Lipinski definition) is 2. The maximum absolute atomic E-state index is 9.13. The molecule has 21 heavy (non-hydrogen) atoms. The van der Waals surface area contributed by atoms with Crippen molar-refractivity contribution < 1.29 is 9.84 Å². The Balaban J connectivity index is 1.75. The third-order valence-electron chi connectivity index (χ3n) is 3.95. The topological polar surface area (TPSA) is 59.3 Å². The fourth-order valence-electron chi connectivity index (χ4n) is 2.69. The summed E-state index contributed by atoms with van der Waals surface area (Å²) in [5.74, 6) is 1.99. The highest BCUT2D eigenvalue weighted by atomic mass is 16.5. The molecular weight excluding hydrogens is 266 g/mol. The van der Waals surface area contributed by atoms with Gasteiger partial charge in [-0.25, -0.2) is 4.68 Å². The Morgan fingerprint density at radius 2 is 2.24 bits per heavy atom. The minimum atomic E-state index is 0.0887. The molecule has 0 radical (unpaired) electrons. The summed E-state index contributed by atoms with van der Waals surface area (Å²) >= 11 is 0. The lowest BCUT2D eigenvalue weighted by atomic mass is 10.1. The Bertz CT molecular complexity index is 649. The third kappa shape index (κ3) is 2.74. The average molecular weight is 287 g/mol. The van der Waals surface area contributed by atoms with Gasteiger partial charge in [-0.15, -0.1) is 0 Å². The molecule has 0 fully saturated rings. The minimum Gasteiger partial charge on any atom is -0.493 e. The van der Waals surface area contributed by atoms with E-state index in [1.165, 1.54) is 11.1 Å². The first kappa shape index (κ1) is 13.9. The van der Waals surface area contributed by atoms with Gasteiger partial charge in [-0.1, -0.05) is 12.1 Å². The van der Waals surface area contributed by atoms with Gasteiger partial charge in [0.1, 0.15) is 11.6 Å². The zero-order valence-corrected chi connectivity index (χ0v) is 12.5. The van der Waals surface area contributed by atoms with Crippen molar-refractivity contribution in [1.29, 1.82) is 0 Å². The number of aryl methyl sites for hydroxylation is 1. The second-order valence-corrected chi connectivity index (χ2v) is 5.40. The number of rotatable bonds is 5. The first-order chi connectivity index (χ1) is 10.2. The molecule has 2 N–H and O–H groups in total. The van der Waals surface area contributed by atoms with Crippen molar-refractivity contribution in [3.63, 3.8) is 0 Å². The summed E-state index contributed by atoms with van der Waals surface area (Å²) in [4.78, 5) is 0. The van der Waals surface area contributed by atoms with Crippen molar-refractivity contribution in [1.82, 2.24) is 9.78 Å². The predicted molar refractivity (Wildman–Crippen MR) is 81.8 cm³/mol. The van der Waals surface area contributed by atoms with Crippen molar-refractivity contribution >= 4 is 5.82 Å². The second kappa shape index (κ2) is 5.77. The third-order valence-corrected chi connectivity index (χ3v) is 3.95. The highest BCUT2D eigenvalue weighted by Crippen LogP contribution is 2.26. The number of fused-ring (bicyclic) bond motifs is 1. The van der Waals surface area contributed by atoms with Gasteiger partial charge in [-0.2, -0.15) is 5.10 Å². The predicted octanol–water partition coefficient (Wildman–Crippen LogP) is 2.04. The summed E-state index contributed by atoms with van der Waals surface area (Å²) in [7, 11) is 0. The first-order valence-electron chi connectivity index (χ1n) is 7.32. The largest absolute Gasteiger partial charge is 0.493 e. The zero-order chi connectivity index (χ0) is 14.8. The molecule has 0 spiro atoms. The second-order valence-electron chi connectivity index (χ2n) is 5.40. The molecule has 0 saturated carbocycles. The summed E-state index contributed by atoms with van der Waals surface area (Å²) in [6.07, 6.45) is 0.990. The van der Waals surface area contributed by atoms with E-state index in [9.17, 15) is 0 Å². The molecule has 0 unspecified atom stereocenters. The van der Waals surface area contributed by atoms with Crippen LogP contribution in [-0.4, -0.2) is 28.1 Å². The number of anilines is 1. The summed E-state index contributed by atoms with van der Waals surface area (Å²) < 4.78 is 7.36. The molecule has 1 aromatic carbocycles. The zero-order valence-electron chi connectivity index (χ0n) is 12.5. The van der Waals surface area contributed by atoms with E-state index in [1.54, 1.807) is 0 Å². The van der Waals surface area contributed by atoms with E-state index in [-0.39, 0.29) is 6.61 Å². The molecule has 2 heterocycles. The van der Waals surface area contributed by atoms with Crippen molar-refractivity contribution in [3.05, 3.63) is 40.6 Å². The number of aliphatic hydroxyl groups is 1. The van der Waals surface area contributed by atoms with Crippen molar-refractivity contribution in [2.75, 3.05) is 18.5 Å². The highest BCUT2D eigenvalue weighted by molar-refractivity contribution is 5.48. The van der Waals surface area contributed by atoms with E-state index in [1.807, 2.05) is 17.7 Å². The number of benzene rings is 1. The van der Waals surface area contributed by atoms with Crippen LogP contribution in [0.1, 0.15) is 22.4 Å². The van der Waals surface area contributed by atoms with Crippen LogP contribution in [0.15, 0.2) is 18.2 Å². The molecular formula is C16H21N3O2. The first-order valence-corrected chi connectivity index (χ1v) is 7.32.